The molecule has 0 aliphatic carbocycles. The zero-order chi connectivity index (χ0) is 13.0. The fraction of sp³-hybridized carbons (Fsp3) is 0.500. The van der Waals surface area contributed by atoms with Gasteiger partial charge in [-0.2, -0.15) is 0 Å². The number of aliphatic hydroxyl groups excluding tert-OH is 1. The van der Waals surface area contributed by atoms with E-state index >= 15 is 0 Å². The van der Waals surface area contributed by atoms with E-state index in [1.807, 2.05) is 6.92 Å². The number of nitrogen functional groups attached to an aromatic ring is 1. The highest BCUT2D eigenvalue weighted by atomic mass is 16.3. The summed E-state index contributed by atoms with van der Waals surface area (Å²) in [5, 5.41) is 9.17. The van der Waals surface area contributed by atoms with Gasteiger partial charge in [0.2, 0.25) is 0 Å². The number of amides is 1. The zero-order valence-electron chi connectivity index (χ0n) is 10.5. The molecule has 0 radical (unpaired) electrons. The summed E-state index contributed by atoms with van der Waals surface area (Å²) in [6, 6.07) is 1.68. The number of aryl methyl sites for hydroxylation is 1. The molecule has 1 rings (SSSR count). The second-order valence-electron chi connectivity index (χ2n) is 4.28. The number of nitrogens with zero attached hydrogens (tertiary/aromatic N) is 2. The number of pyridine rings is 1. The molecule has 0 aromatic carbocycles. The van der Waals surface area contributed by atoms with Crippen LogP contribution in [0.2, 0.25) is 0 Å². The molecule has 17 heavy (non-hydrogen) atoms. The molecule has 5 nitrogen and oxygen atoms in total. The molecule has 0 fully saturated rings. The Labute approximate surface area is 101 Å². The summed E-state index contributed by atoms with van der Waals surface area (Å²) >= 11 is 0. The van der Waals surface area contributed by atoms with Crippen molar-refractivity contribution in [1.82, 2.24) is 9.88 Å². The molecular formula is C12H19N3O2. The maximum atomic E-state index is 12.0. The summed E-state index contributed by atoms with van der Waals surface area (Å²) in [5.74, 6) is -0.171. The summed E-state index contributed by atoms with van der Waals surface area (Å²) in [6.45, 7) is 4.01. The molecule has 0 spiro atoms. The maximum Gasteiger partial charge on any atom is 0.257 e. The first kappa shape index (κ1) is 13.4. The SMILES string of the molecule is Cc1cc(N)c(C(=O)N(C)CCC(C)O)cn1. The number of anilines is 1. The molecule has 94 valence electrons. The molecule has 1 unspecified atom stereocenters. The second kappa shape index (κ2) is 5.63. The first-order chi connectivity index (χ1) is 7.91. The van der Waals surface area contributed by atoms with Gasteiger partial charge < -0.3 is 15.7 Å². The van der Waals surface area contributed by atoms with E-state index in [1.165, 1.54) is 11.1 Å². The lowest BCUT2D eigenvalue weighted by Crippen LogP contribution is -2.30. The van der Waals surface area contributed by atoms with E-state index < -0.39 is 6.10 Å². The van der Waals surface area contributed by atoms with Gasteiger partial charge in [0.15, 0.2) is 0 Å². The molecule has 0 saturated carbocycles. The Morgan fingerprint density at radius 3 is 2.82 bits per heavy atom. The summed E-state index contributed by atoms with van der Waals surface area (Å²) in [4.78, 5) is 17.6. The van der Waals surface area contributed by atoms with E-state index in [-0.39, 0.29) is 5.91 Å². The van der Waals surface area contributed by atoms with Gasteiger partial charge in [-0.1, -0.05) is 0 Å². The van der Waals surface area contributed by atoms with E-state index in [0.29, 0.717) is 24.2 Å². The minimum Gasteiger partial charge on any atom is -0.398 e. The van der Waals surface area contributed by atoms with Gasteiger partial charge in [-0.3, -0.25) is 9.78 Å². The van der Waals surface area contributed by atoms with Crippen molar-refractivity contribution in [2.45, 2.75) is 26.4 Å². The molecule has 0 aliphatic heterocycles. The predicted octanol–water partition coefficient (Wildman–Crippen LogP) is 0.815. The largest absolute Gasteiger partial charge is 0.398 e. The van der Waals surface area contributed by atoms with Gasteiger partial charge >= 0.3 is 0 Å². The highest BCUT2D eigenvalue weighted by Crippen LogP contribution is 2.13. The Kier molecular flexibility index (Phi) is 4.45. The highest BCUT2D eigenvalue weighted by Gasteiger charge is 2.15. The summed E-state index contributed by atoms with van der Waals surface area (Å²) in [6.07, 6.45) is 1.62. The third-order valence-corrected chi connectivity index (χ3v) is 2.53. The molecule has 0 aliphatic rings. The van der Waals surface area contributed by atoms with Crippen LogP contribution in [0, 0.1) is 6.92 Å². The Hall–Kier alpha value is -1.62. The number of aromatic nitrogens is 1. The van der Waals surface area contributed by atoms with Crippen molar-refractivity contribution in [1.29, 1.82) is 0 Å². The van der Waals surface area contributed by atoms with Crippen LogP contribution in [0.25, 0.3) is 0 Å². The van der Waals surface area contributed by atoms with E-state index in [0.717, 1.165) is 5.69 Å². The third kappa shape index (κ3) is 3.71. The number of rotatable bonds is 4. The zero-order valence-corrected chi connectivity index (χ0v) is 10.5. The van der Waals surface area contributed by atoms with Crippen LogP contribution >= 0.6 is 0 Å². The quantitative estimate of drug-likeness (QED) is 0.812. The number of hydrogen-bond donors (Lipinski definition) is 2. The first-order valence-electron chi connectivity index (χ1n) is 5.57. The molecule has 3 N–H and O–H groups in total. The Balaban J connectivity index is 2.75. The van der Waals surface area contributed by atoms with Crippen molar-refractivity contribution in [3.05, 3.63) is 23.5 Å². The molecule has 0 bridgehead atoms. The van der Waals surface area contributed by atoms with Crippen molar-refractivity contribution in [2.24, 2.45) is 0 Å². The van der Waals surface area contributed by atoms with E-state index in [2.05, 4.69) is 4.98 Å². The summed E-state index contributed by atoms with van der Waals surface area (Å²) in [7, 11) is 1.68. The molecule has 1 aromatic heterocycles. The van der Waals surface area contributed by atoms with Crippen molar-refractivity contribution >= 4 is 11.6 Å². The van der Waals surface area contributed by atoms with Crippen LogP contribution < -0.4 is 5.73 Å². The van der Waals surface area contributed by atoms with Crippen LogP contribution in [0.3, 0.4) is 0 Å². The number of carbonyl (C=O) groups is 1. The van der Waals surface area contributed by atoms with Gasteiger partial charge in [-0.25, -0.2) is 0 Å². The van der Waals surface area contributed by atoms with E-state index in [9.17, 15) is 4.79 Å². The van der Waals surface area contributed by atoms with Gasteiger partial charge in [0.1, 0.15) is 0 Å². The van der Waals surface area contributed by atoms with Crippen LogP contribution in [0.4, 0.5) is 5.69 Å². The van der Waals surface area contributed by atoms with Crippen LogP contribution in [0.15, 0.2) is 12.3 Å². The highest BCUT2D eigenvalue weighted by molar-refractivity contribution is 5.98. The van der Waals surface area contributed by atoms with Gasteiger partial charge in [0.25, 0.3) is 5.91 Å². The van der Waals surface area contributed by atoms with Crippen LogP contribution in [0.1, 0.15) is 29.4 Å². The molecule has 5 heteroatoms. The smallest absolute Gasteiger partial charge is 0.257 e. The lowest BCUT2D eigenvalue weighted by atomic mass is 10.2. The number of aliphatic hydroxyl groups is 1. The van der Waals surface area contributed by atoms with Gasteiger partial charge in [0, 0.05) is 31.2 Å². The van der Waals surface area contributed by atoms with Crippen molar-refractivity contribution in [3.63, 3.8) is 0 Å². The number of nitrogens with two attached hydrogens (primary N) is 1. The standard InChI is InChI=1S/C12H19N3O2/c1-8-6-11(13)10(7-14-8)12(17)15(3)5-4-9(2)16/h6-7,9,16H,4-5H2,1-3H3,(H2,13,14). The van der Waals surface area contributed by atoms with Crippen molar-refractivity contribution in [2.75, 3.05) is 19.3 Å². The minimum absolute atomic E-state index is 0.171. The van der Waals surface area contributed by atoms with Gasteiger partial charge in [-0.05, 0) is 26.3 Å². The number of carbonyl (C=O) groups excluding carboxylic acids is 1. The fourth-order valence-corrected chi connectivity index (χ4v) is 1.45. The topological polar surface area (TPSA) is 79.5 Å². The third-order valence-electron chi connectivity index (χ3n) is 2.53. The minimum atomic E-state index is -0.418. The predicted molar refractivity (Wildman–Crippen MR) is 66.6 cm³/mol. The van der Waals surface area contributed by atoms with Gasteiger partial charge in [0.05, 0.1) is 11.7 Å². The lowest BCUT2D eigenvalue weighted by molar-refractivity contribution is 0.0769. The average Bonchev–Trinajstić information content (AvgIpc) is 2.25. The van der Waals surface area contributed by atoms with E-state index in [4.69, 9.17) is 10.8 Å². The van der Waals surface area contributed by atoms with Crippen LogP contribution in [-0.2, 0) is 0 Å². The van der Waals surface area contributed by atoms with Crippen molar-refractivity contribution in [3.8, 4) is 0 Å². The molecule has 1 heterocycles. The number of hydrogen-bond acceptors (Lipinski definition) is 4. The normalized spacial score (nSPS) is 12.2. The summed E-state index contributed by atoms with van der Waals surface area (Å²) in [5.41, 5.74) is 7.40. The van der Waals surface area contributed by atoms with Gasteiger partial charge in [-0.15, -0.1) is 0 Å². The lowest BCUT2D eigenvalue weighted by Gasteiger charge is -2.18. The average molecular weight is 237 g/mol. The maximum absolute atomic E-state index is 12.0. The first-order valence-corrected chi connectivity index (χ1v) is 5.57. The molecule has 1 atom stereocenters. The monoisotopic (exact) mass is 237 g/mol. The van der Waals surface area contributed by atoms with Crippen molar-refractivity contribution < 1.29 is 9.90 Å². The second-order valence-corrected chi connectivity index (χ2v) is 4.28. The Bertz CT molecular complexity index is 405. The van der Waals surface area contributed by atoms with Crippen LogP contribution in [-0.4, -0.2) is 40.6 Å². The molecule has 0 saturated heterocycles. The van der Waals surface area contributed by atoms with Crippen LogP contribution in [0.5, 0.6) is 0 Å². The Morgan fingerprint density at radius 2 is 2.29 bits per heavy atom. The molecular weight excluding hydrogens is 218 g/mol. The molecule has 1 amide bonds. The summed E-state index contributed by atoms with van der Waals surface area (Å²) < 4.78 is 0. The fourth-order valence-electron chi connectivity index (χ4n) is 1.45. The van der Waals surface area contributed by atoms with E-state index in [1.54, 1.807) is 20.0 Å². The molecule has 1 aromatic rings. The Morgan fingerprint density at radius 1 is 1.65 bits per heavy atom.